The summed E-state index contributed by atoms with van der Waals surface area (Å²) in [5, 5.41) is 4.16. The van der Waals surface area contributed by atoms with Crippen LogP contribution in [-0.2, 0) is 6.61 Å². The number of thioether (sulfide) groups is 1. The van der Waals surface area contributed by atoms with Crippen LogP contribution in [0.1, 0.15) is 15.9 Å². The number of halogens is 1. The molecule has 3 rings (SSSR count). The number of amides is 1. The quantitative estimate of drug-likeness (QED) is 0.917. The normalized spacial score (nSPS) is 13.5. The van der Waals surface area contributed by atoms with Crippen molar-refractivity contribution in [1.82, 2.24) is 5.32 Å². The van der Waals surface area contributed by atoms with Crippen molar-refractivity contribution < 1.29 is 9.53 Å². The molecule has 0 unspecified atom stereocenters. The van der Waals surface area contributed by atoms with Crippen molar-refractivity contribution in [2.24, 2.45) is 4.99 Å². The molecule has 0 saturated heterocycles. The molecule has 0 aliphatic carbocycles. The molecule has 0 radical (unpaired) electrons. The van der Waals surface area contributed by atoms with Crippen LogP contribution in [-0.4, -0.2) is 23.4 Å². The van der Waals surface area contributed by atoms with Gasteiger partial charge in [-0.15, -0.1) is 0 Å². The lowest BCUT2D eigenvalue weighted by atomic mass is 10.2. The van der Waals surface area contributed by atoms with E-state index in [1.54, 1.807) is 30.0 Å². The molecule has 6 heteroatoms. The molecule has 1 N–H and O–H groups in total. The summed E-state index contributed by atoms with van der Waals surface area (Å²) in [5.41, 5.74) is 1.52. The third-order valence-corrected chi connectivity index (χ3v) is 4.32. The van der Waals surface area contributed by atoms with Gasteiger partial charge in [0.05, 0.1) is 6.54 Å². The Labute approximate surface area is 143 Å². The monoisotopic (exact) mass is 346 g/mol. The predicted molar refractivity (Wildman–Crippen MR) is 94.5 cm³/mol. The van der Waals surface area contributed by atoms with Crippen LogP contribution >= 0.6 is 23.4 Å². The summed E-state index contributed by atoms with van der Waals surface area (Å²) in [6.07, 6.45) is 0. The van der Waals surface area contributed by atoms with Crippen LogP contribution in [0.25, 0.3) is 0 Å². The number of nitrogens with one attached hydrogen (secondary N) is 1. The fourth-order valence-corrected chi connectivity index (χ4v) is 3.04. The van der Waals surface area contributed by atoms with Crippen LogP contribution < -0.4 is 10.1 Å². The first-order valence-electron chi connectivity index (χ1n) is 7.16. The molecule has 0 fully saturated rings. The minimum absolute atomic E-state index is 0.175. The molecule has 2 aromatic rings. The average molecular weight is 347 g/mol. The Bertz CT molecular complexity index is 749. The largest absolute Gasteiger partial charge is 0.489 e. The molecule has 1 amide bonds. The van der Waals surface area contributed by atoms with E-state index in [0.29, 0.717) is 28.1 Å². The molecular formula is C17H15ClN2O2S. The molecule has 1 aliphatic heterocycles. The highest BCUT2D eigenvalue weighted by molar-refractivity contribution is 8.14. The van der Waals surface area contributed by atoms with E-state index in [9.17, 15) is 4.79 Å². The number of ether oxygens (including phenoxy) is 1. The van der Waals surface area contributed by atoms with Crippen LogP contribution in [0.5, 0.6) is 5.75 Å². The van der Waals surface area contributed by atoms with Gasteiger partial charge < -0.3 is 10.1 Å². The Balaban J connectivity index is 1.63. The highest BCUT2D eigenvalue weighted by Gasteiger charge is 2.13. The summed E-state index contributed by atoms with van der Waals surface area (Å²) in [6.45, 7) is 1.15. The average Bonchev–Trinajstić information content (AvgIpc) is 3.06. The van der Waals surface area contributed by atoms with Crippen LogP contribution in [0.3, 0.4) is 0 Å². The summed E-state index contributed by atoms with van der Waals surface area (Å²) >= 11 is 7.51. The van der Waals surface area contributed by atoms with Gasteiger partial charge in [-0.2, -0.15) is 0 Å². The van der Waals surface area contributed by atoms with E-state index >= 15 is 0 Å². The van der Waals surface area contributed by atoms with Crippen molar-refractivity contribution in [1.29, 1.82) is 0 Å². The van der Waals surface area contributed by atoms with Gasteiger partial charge in [-0.05, 0) is 35.9 Å². The van der Waals surface area contributed by atoms with Crippen molar-refractivity contribution in [3.63, 3.8) is 0 Å². The fraction of sp³-hybridized carbons (Fsp3) is 0.176. The molecule has 118 valence electrons. The maximum Gasteiger partial charge on any atom is 0.257 e. The summed E-state index contributed by atoms with van der Waals surface area (Å²) in [4.78, 5) is 16.4. The third kappa shape index (κ3) is 4.50. The van der Waals surface area contributed by atoms with Gasteiger partial charge in [0.25, 0.3) is 5.91 Å². The highest BCUT2D eigenvalue weighted by Crippen LogP contribution is 2.17. The molecule has 23 heavy (non-hydrogen) atoms. The van der Waals surface area contributed by atoms with Gasteiger partial charge in [0.2, 0.25) is 0 Å². The van der Waals surface area contributed by atoms with E-state index in [0.717, 1.165) is 17.9 Å². The molecule has 0 bridgehead atoms. The number of benzene rings is 2. The zero-order valence-corrected chi connectivity index (χ0v) is 13.9. The minimum Gasteiger partial charge on any atom is -0.489 e. The van der Waals surface area contributed by atoms with Crippen LogP contribution in [0.2, 0.25) is 5.02 Å². The van der Waals surface area contributed by atoms with E-state index in [2.05, 4.69) is 10.3 Å². The molecule has 0 spiro atoms. The first-order chi connectivity index (χ1) is 11.2. The molecule has 1 aliphatic rings. The number of nitrogens with zero attached hydrogens (tertiary/aromatic N) is 1. The van der Waals surface area contributed by atoms with Gasteiger partial charge in [0.1, 0.15) is 12.4 Å². The van der Waals surface area contributed by atoms with E-state index in [1.807, 2.05) is 30.3 Å². The van der Waals surface area contributed by atoms with Crippen LogP contribution in [0.15, 0.2) is 53.5 Å². The second kappa shape index (κ2) is 7.53. The van der Waals surface area contributed by atoms with Gasteiger partial charge in [-0.1, -0.05) is 41.6 Å². The van der Waals surface area contributed by atoms with E-state index in [4.69, 9.17) is 16.3 Å². The Morgan fingerprint density at radius 3 is 2.91 bits per heavy atom. The summed E-state index contributed by atoms with van der Waals surface area (Å²) < 4.78 is 5.73. The van der Waals surface area contributed by atoms with Crippen LogP contribution in [0.4, 0.5) is 0 Å². The number of hydrogen-bond acceptors (Lipinski definition) is 4. The zero-order valence-electron chi connectivity index (χ0n) is 12.3. The lowest BCUT2D eigenvalue weighted by Crippen LogP contribution is -2.27. The second-order valence-corrected chi connectivity index (χ2v) is 6.46. The van der Waals surface area contributed by atoms with Gasteiger partial charge in [-0.3, -0.25) is 9.79 Å². The molecule has 4 nitrogen and oxygen atoms in total. The molecule has 0 aromatic heterocycles. The fourth-order valence-electron chi connectivity index (χ4n) is 2.10. The Morgan fingerprint density at radius 2 is 2.13 bits per heavy atom. The smallest absolute Gasteiger partial charge is 0.257 e. The zero-order chi connectivity index (χ0) is 16.1. The third-order valence-electron chi connectivity index (χ3n) is 3.20. The Kier molecular flexibility index (Phi) is 5.20. The minimum atomic E-state index is -0.175. The first kappa shape index (κ1) is 15.9. The van der Waals surface area contributed by atoms with Gasteiger partial charge in [-0.25, -0.2) is 0 Å². The maximum absolute atomic E-state index is 12.2. The van der Waals surface area contributed by atoms with Crippen molar-refractivity contribution in [2.45, 2.75) is 6.61 Å². The topological polar surface area (TPSA) is 50.7 Å². The van der Waals surface area contributed by atoms with Crippen molar-refractivity contribution >= 4 is 34.4 Å². The first-order valence-corrected chi connectivity index (χ1v) is 8.53. The summed E-state index contributed by atoms with van der Waals surface area (Å²) in [7, 11) is 0. The number of carbonyl (C=O) groups excluding carboxylic acids is 1. The lowest BCUT2D eigenvalue weighted by Gasteiger charge is -2.09. The molecule has 1 heterocycles. The lowest BCUT2D eigenvalue weighted by molar-refractivity contribution is 0.0977. The van der Waals surface area contributed by atoms with E-state index in [1.165, 1.54) is 0 Å². The van der Waals surface area contributed by atoms with Crippen molar-refractivity contribution in [2.75, 3.05) is 12.3 Å². The Morgan fingerprint density at radius 1 is 1.26 bits per heavy atom. The highest BCUT2D eigenvalue weighted by atomic mass is 35.5. The summed E-state index contributed by atoms with van der Waals surface area (Å²) in [5.74, 6) is 1.38. The van der Waals surface area contributed by atoms with Gasteiger partial charge in [0, 0.05) is 16.3 Å². The molecule has 2 aromatic carbocycles. The SMILES string of the molecule is O=C(NC1=NCCS1)c1cccc(OCc2cccc(Cl)c2)c1. The molecular weight excluding hydrogens is 332 g/mol. The number of carbonyl (C=O) groups is 1. The summed E-state index contributed by atoms with van der Waals surface area (Å²) in [6, 6.07) is 14.6. The molecule has 0 atom stereocenters. The molecule has 0 saturated carbocycles. The standard InChI is InChI=1S/C17H15ClN2O2S/c18-14-5-1-3-12(9-14)11-22-15-6-2-4-13(10-15)16(21)20-17-19-7-8-23-17/h1-6,9-10H,7-8,11H2,(H,19,20,21). The van der Waals surface area contributed by atoms with E-state index in [-0.39, 0.29) is 5.91 Å². The maximum atomic E-state index is 12.2. The van der Waals surface area contributed by atoms with Gasteiger partial charge in [0.15, 0.2) is 5.17 Å². The van der Waals surface area contributed by atoms with Gasteiger partial charge >= 0.3 is 0 Å². The van der Waals surface area contributed by atoms with Crippen molar-refractivity contribution in [3.8, 4) is 5.75 Å². The number of hydrogen-bond donors (Lipinski definition) is 1. The predicted octanol–water partition coefficient (Wildman–Crippen LogP) is 3.75. The Hall–Kier alpha value is -1.98. The van der Waals surface area contributed by atoms with E-state index < -0.39 is 0 Å². The number of amidine groups is 1. The second-order valence-electron chi connectivity index (χ2n) is 4.94. The number of rotatable bonds is 4. The van der Waals surface area contributed by atoms with Crippen LogP contribution in [0, 0.1) is 0 Å². The number of aliphatic imine (C=N–C) groups is 1. The van der Waals surface area contributed by atoms with Crippen molar-refractivity contribution in [3.05, 3.63) is 64.7 Å².